The third-order valence-electron chi connectivity index (χ3n) is 3.60. The number of aromatic nitrogens is 4. The zero-order valence-electron chi connectivity index (χ0n) is 14.5. The van der Waals surface area contributed by atoms with Crippen LogP contribution >= 0.6 is 11.8 Å². The van der Waals surface area contributed by atoms with Gasteiger partial charge in [-0.3, -0.25) is 4.79 Å². The number of nitrogens with one attached hydrogen (secondary N) is 1. The van der Waals surface area contributed by atoms with E-state index in [1.807, 2.05) is 61.5 Å². The fraction of sp³-hybridized carbons (Fsp3) is 0.222. The molecule has 0 spiro atoms. The van der Waals surface area contributed by atoms with Crippen molar-refractivity contribution in [2.24, 2.45) is 7.05 Å². The quantitative estimate of drug-likeness (QED) is 0.645. The van der Waals surface area contributed by atoms with Crippen molar-refractivity contribution >= 4 is 23.4 Å². The average Bonchev–Trinajstić information content (AvgIpc) is 3.06. The molecule has 8 heteroatoms. The van der Waals surface area contributed by atoms with Crippen LogP contribution in [0.1, 0.15) is 12.5 Å². The summed E-state index contributed by atoms with van der Waals surface area (Å²) in [5.74, 6) is 0.635. The van der Waals surface area contributed by atoms with Crippen molar-refractivity contribution in [2.75, 3.05) is 5.32 Å². The summed E-state index contributed by atoms with van der Waals surface area (Å²) >= 11 is 1.30. The van der Waals surface area contributed by atoms with Crippen LogP contribution in [0.2, 0.25) is 0 Å². The lowest BCUT2D eigenvalue weighted by Crippen LogP contribution is -2.22. The molecule has 0 aliphatic carbocycles. The molecule has 3 aromatic rings. The second kappa shape index (κ2) is 8.48. The van der Waals surface area contributed by atoms with Gasteiger partial charge in [0, 0.05) is 12.7 Å². The Kier molecular flexibility index (Phi) is 5.85. The van der Waals surface area contributed by atoms with Crippen LogP contribution in [-0.4, -0.2) is 31.4 Å². The number of rotatable bonds is 7. The smallest absolute Gasteiger partial charge is 0.237 e. The molecule has 0 saturated carbocycles. The Morgan fingerprint density at radius 1 is 1.19 bits per heavy atom. The summed E-state index contributed by atoms with van der Waals surface area (Å²) in [6.07, 6.45) is 0. The molecule has 7 nitrogen and oxygen atoms in total. The van der Waals surface area contributed by atoms with Crippen LogP contribution in [0.5, 0.6) is 5.75 Å². The van der Waals surface area contributed by atoms with E-state index in [4.69, 9.17) is 4.74 Å². The predicted molar refractivity (Wildman–Crippen MR) is 100.0 cm³/mol. The monoisotopic (exact) mass is 369 g/mol. The lowest BCUT2D eigenvalue weighted by Gasteiger charge is -2.12. The molecule has 134 valence electrons. The van der Waals surface area contributed by atoms with Crippen molar-refractivity contribution in [1.29, 1.82) is 0 Å². The molecule has 0 aliphatic rings. The molecule has 3 rings (SSSR count). The van der Waals surface area contributed by atoms with E-state index < -0.39 is 0 Å². The first-order chi connectivity index (χ1) is 12.6. The Balaban J connectivity index is 1.51. The molecule has 1 N–H and O–H groups in total. The standard InChI is InChI=1S/C18H19N5O2S/c1-13(26-18-20-21-22-23(18)2)17(24)19-15-8-10-16(11-9-15)25-12-14-6-4-3-5-7-14/h3-11,13H,12H2,1-2H3,(H,19,24). The summed E-state index contributed by atoms with van der Waals surface area (Å²) in [5, 5.41) is 14.3. The van der Waals surface area contributed by atoms with Gasteiger partial charge in [-0.1, -0.05) is 42.1 Å². The molecule has 0 bridgehead atoms. The van der Waals surface area contributed by atoms with Crippen molar-refractivity contribution in [1.82, 2.24) is 20.2 Å². The minimum Gasteiger partial charge on any atom is -0.489 e. The number of benzene rings is 2. The molecule has 1 unspecified atom stereocenters. The van der Waals surface area contributed by atoms with Crippen LogP contribution in [0.25, 0.3) is 0 Å². The first-order valence-electron chi connectivity index (χ1n) is 8.08. The van der Waals surface area contributed by atoms with Gasteiger partial charge in [0.1, 0.15) is 12.4 Å². The van der Waals surface area contributed by atoms with Crippen LogP contribution in [0.3, 0.4) is 0 Å². The summed E-state index contributed by atoms with van der Waals surface area (Å²) in [5.41, 5.74) is 1.82. The number of thioether (sulfide) groups is 1. The maximum atomic E-state index is 12.3. The highest BCUT2D eigenvalue weighted by Crippen LogP contribution is 2.22. The number of ether oxygens (including phenoxy) is 1. The van der Waals surface area contributed by atoms with Gasteiger partial charge in [-0.15, -0.1) is 5.10 Å². The SMILES string of the molecule is CC(Sc1nnnn1C)C(=O)Nc1ccc(OCc2ccccc2)cc1. The fourth-order valence-corrected chi connectivity index (χ4v) is 2.91. The highest BCUT2D eigenvalue weighted by molar-refractivity contribution is 8.00. The number of anilines is 1. The molecule has 0 aliphatic heterocycles. The Morgan fingerprint density at radius 3 is 2.58 bits per heavy atom. The van der Waals surface area contributed by atoms with Gasteiger partial charge in [-0.25, -0.2) is 4.68 Å². The summed E-state index contributed by atoms with van der Waals surface area (Å²) in [6.45, 7) is 2.32. The number of tetrazole rings is 1. The molecule has 0 radical (unpaired) electrons. The van der Waals surface area contributed by atoms with Gasteiger partial charge in [0.2, 0.25) is 11.1 Å². The van der Waals surface area contributed by atoms with Crippen molar-refractivity contribution in [3.8, 4) is 5.75 Å². The zero-order chi connectivity index (χ0) is 18.4. The number of nitrogens with zero attached hydrogens (tertiary/aromatic N) is 4. The molecule has 0 saturated heterocycles. The highest BCUT2D eigenvalue weighted by Gasteiger charge is 2.17. The first kappa shape index (κ1) is 17.9. The maximum absolute atomic E-state index is 12.3. The topological polar surface area (TPSA) is 81.9 Å². The minimum absolute atomic E-state index is 0.115. The molecule has 0 fully saturated rings. The molecular formula is C18H19N5O2S. The molecule has 1 amide bonds. The minimum atomic E-state index is -0.325. The Hall–Kier alpha value is -2.87. The van der Waals surface area contributed by atoms with Crippen molar-refractivity contribution in [3.05, 3.63) is 60.2 Å². The molecule has 26 heavy (non-hydrogen) atoms. The molecule has 1 atom stereocenters. The second-order valence-electron chi connectivity index (χ2n) is 5.63. The Morgan fingerprint density at radius 2 is 1.92 bits per heavy atom. The predicted octanol–water partition coefficient (Wildman–Crippen LogP) is 2.91. The van der Waals surface area contributed by atoms with Gasteiger partial charge in [0.25, 0.3) is 0 Å². The van der Waals surface area contributed by atoms with E-state index >= 15 is 0 Å². The van der Waals surface area contributed by atoms with Gasteiger partial charge in [-0.05, 0) is 47.2 Å². The Bertz CT molecular complexity index is 852. The van der Waals surface area contributed by atoms with Crippen LogP contribution < -0.4 is 10.1 Å². The average molecular weight is 369 g/mol. The van der Waals surface area contributed by atoms with Gasteiger partial charge in [0.05, 0.1) is 5.25 Å². The number of aryl methyl sites for hydroxylation is 1. The van der Waals surface area contributed by atoms with E-state index in [0.717, 1.165) is 11.3 Å². The lowest BCUT2D eigenvalue weighted by molar-refractivity contribution is -0.115. The second-order valence-corrected chi connectivity index (χ2v) is 6.94. The largest absolute Gasteiger partial charge is 0.489 e. The normalized spacial score (nSPS) is 11.8. The van der Waals surface area contributed by atoms with E-state index in [2.05, 4.69) is 20.8 Å². The first-order valence-corrected chi connectivity index (χ1v) is 8.96. The fourth-order valence-electron chi connectivity index (χ4n) is 2.15. The van der Waals surface area contributed by atoms with Gasteiger partial charge < -0.3 is 10.1 Å². The third kappa shape index (κ3) is 4.82. The third-order valence-corrected chi connectivity index (χ3v) is 4.73. The van der Waals surface area contributed by atoms with Crippen molar-refractivity contribution < 1.29 is 9.53 Å². The van der Waals surface area contributed by atoms with E-state index in [1.54, 1.807) is 7.05 Å². The summed E-state index contributed by atoms with van der Waals surface area (Å²) in [4.78, 5) is 12.3. The number of carbonyl (C=O) groups is 1. The Labute approximate surface area is 155 Å². The number of amides is 1. The molecular weight excluding hydrogens is 350 g/mol. The maximum Gasteiger partial charge on any atom is 0.237 e. The van der Waals surface area contributed by atoms with E-state index in [1.165, 1.54) is 16.4 Å². The number of carbonyl (C=O) groups excluding carboxylic acids is 1. The van der Waals surface area contributed by atoms with Gasteiger partial charge in [0.15, 0.2) is 0 Å². The zero-order valence-corrected chi connectivity index (χ0v) is 15.3. The molecule has 1 heterocycles. The van der Waals surface area contributed by atoms with Crippen LogP contribution in [-0.2, 0) is 18.4 Å². The van der Waals surface area contributed by atoms with E-state index in [-0.39, 0.29) is 11.2 Å². The summed E-state index contributed by atoms with van der Waals surface area (Å²) in [6, 6.07) is 17.3. The van der Waals surface area contributed by atoms with E-state index in [9.17, 15) is 4.79 Å². The van der Waals surface area contributed by atoms with Crippen molar-refractivity contribution in [3.63, 3.8) is 0 Å². The lowest BCUT2D eigenvalue weighted by atomic mass is 10.2. The van der Waals surface area contributed by atoms with Crippen LogP contribution in [0, 0.1) is 0 Å². The molecule has 1 aromatic heterocycles. The van der Waals surface area contributed by atoms with Gasteiger partial charge in [-0.2, -0.15) is 0 Å². The van der Waals surface area contributed by atoms with Crippen LogP contribution in [0.15, 0.2) is 59.8 Å². The van der Waals surface area contributed by atoms with Gasteiger partial charge >= 0.3 is 0 Å². The number of hydrogen-bond acceptors (Lipinski definition) is 6. The van der Waals surface area contributed by atoms with E-state index in [0.29, 0.717) is 17.5 Å². The molecule has 2 aromatic carbocycles. The highest BCUT2D eigenvalue weighted by atomic mass is 32.2. The number of hydrogen-bond donors (Lipinski definition) is 1. The summed E-state index contributed by atoms with van der Waals surface area (Å²) < 4.78 is 7.28. The van der Waals surface area contributed by atoms with Crippen molar-refractivity contribution in [2.45, 2.75) is 23.9 Å². The summed E-state index contributed by atoms with van der Waals surface area (Å²) in [7, 11) is 1.74. The van der Waals surface area contributed by atoms with Crippen LogP contribution in [0.4, 0.5) is 5.69 Å².